The quantitative estimate of drug-likeness (QED) is 0.525. The van der Waals surface area contributed by atoms with Gasteiger partial charge in [0.25, 0.3) is 0 Å². The summed E-state index contributed by atoms with van der Waals surface area (Å²) in [6.07, 6.45) is -0.443. The largest absolute Gasteiger partial charge is 0.491 e. The maximum absolute atomic E-state index is 12.7. The van der Waals surface area contributed by atoms with Gasteiger partial charge in [-0.2, -0.15) is 0 Å². The average molecular weight is 285 g/mol. The molecule has 5 nitrogen and oxygen atoms in total. The molecule has 6 heteroatoms. The number of halogens is 1. The van der Waals surface area contributed by atoms with Gasteiger partial charge in [-0.1, -0.05) is 0 Å². The van der Waals surface area contributed by atoms with Crippen molar-refractivity contribution in [3.63, 3.8) is 0 Å². The van der Waals surface area contributed by atoms with E-state index in [4.69, 9.17) is 9.47 Å². The highest BCUT2D eigenvalue weighted by atomic mass is 19.1. The summed E-state index contributed by atoms with van der Waals surface area (Å²) in [6, 6.07) is 5.57. The molecule has 0 aromatic heterocycles. The third-order valence-electron chi connectivity index (χ3n) is 2.45. The van der Waals surface area contributed by atoms with E-state index in [1.807, 2.05) is 0 Å². The van der Waals surface area contributed by atoms with Crippen LogP contribution in [0.1, 0.15) is 13.3 Å². The van der Waals surface area contributed by atoms with Crippen LogP contribution in [0.2, 0.25) is 0 Å². The number of hydrogen-bond donors (Lipinski definition) is 2. The van der Waals surface area contributed by atoms with Crippen LogP contribution in [0, 0.1) is 5.82 Å². The zero-order valence-electron chi connectivity index (χ0n) is 11.5. The molecular formula is C14H20FNO4. The molecule has 0 radical (unpaired) electrons. The standard InChI is InChI=1S/C14H20FNO4/c1-2-19-14(18)7-8-16-9-12(17)10-20-13-5-3-11(15)4-6-13/h3-6,12,16-17H,2,7-10H2,1H3. The van der Waals surface area contributed by atoms with Crippen LogP contribution < -0.4 is 10.1 Å². The lowest BCUT2D eigenvalue weighted by atomic mass is 10.3. The zero-order valence-corrected chi connectivity index (χ0v) is 11.5. The molecule has 0 heterocycles. The fourth-order valence-electron chi connectivity index (χ4n) is 1.47. The van der Waals surface area contributed by atoms with Gasteiger partial charge in [-0.15, -0.1) is 0 Å². The Morgan fingerprint density at radius 2 is 2.10 bits per heavy atom. The molecule has 0 saturated carbocycles. The molecule has 1 rings (SSSR count). The smallest absolute Gasteiger partial charge is 0.307 e. The van der Waals surface area contributed by atoms with Gasteiger partial charge in [-0.05, 0) is 31.2 Å². The Balaban J connectivity index is 2.10. The van der Waals surface area contributed by atoms with E-state index in [1.54, 1.807) is 6.92 Å². The van der Waals surface area contributed by atoms with E-state index >= 15 is 0 Å². The molecule has 0 aliphatic rings. The molecule has 0 saturated heterocycles. The Hall–Kier alpha value is -1.66. The highest BCUT2D eigenvalue weighted by Gasteiger charge is 2.06. The minimum absolute atomic E-state index is 0.0953. The van der Waals surface area contributed by atoms with Crippen molar-refractivity contribution in [1.29, 1.82) is 0 Å². The van der Waals surface area contributed by atoms with E-state index in [-0.39, 0.29) is 24.8 Å². The fourth-order valence-corrected chi connectivity index (χ4v) is 1.47. The molecular weight excluding hydrogens is 265 g/mol. The van der Waals surface area contributed by atoms with Crippen LogP contribution in [0.5, 0.6) is 5.75 Å². The minimum atomic E-state index is -0.706. The lowest BCUT2D eigenvalue weighted by molar-refractivity contribution is -0.143. The minimum Gasteiger partial charge on any atom is -0.491 e. The van der Waals surface area contributed by atoms with E-state index in [9.17, 15) is 14.3 Å². The Bertz CT molecular complexity index is 397. The third-order valence-corrected chi connectivity index (χ3v) is 2.45. The maximum atomic E-state index is 12.7. The normalized spacial score (nSPS) is 11.9. The van der Waals surface area contributed by atoms with E-state index in [1.165, 1.54) is 24.3 Å². The van der Waals surface area contributed by atoms with Crippen molar-refractivity contribution in [1.82, 2.24) is 5.32 Å². The topological polar surface area (TPSA) is 67.8 Å². The Kier molecular flexibility index (Phi) is 7.60. The first-order valence-electron chi connectivity index (χ1n) is 6.54. The van der Waals surface area contributed by atoms with Crippen molar-refractivity contribution in [3.05, 3.63) is 30.1 Å². The highest BCUT2D eigenvalue weighted by molar-refractivity contribution is 5.69. The van der Waals surface area contributed by atoms with Crippen LogP contribution in [-0.4, -0.2) is 43.5 Å². The van der Waals surface area contributed by atoms with Crippen LogP contribution in [-0.2, 0) is 9.53 Å². The molecule has 0 amide bonds. The summed E-state index contributed by atoms with van der Waals surface area (Å²) in [5.74, 6) is -0.104. The summed E-state index contributed by atoms with van der Waals surface area (Å²) in [5.41, 5.74) is 0. The lowest BCUT2D eigenvalue weighted by Gasteiger charge is -2.13. The van der Waals surface area contributed by atoms with Crippen molar-refractivity contribution in [2.24, 2.45) is 0 Å². The number of esters is 1. The summed E-state index contributed by atoms with van der Waals surface area (Å²) in [7, 11) is 0. The lowest BCUT2D eigenvalue weighted by Crippen LogP contribution is -2.32. The van der Waals surface area contributed by atoms with Crippen molar-refractivity contribution in [2.75, 3.05) is 26.3 Å². The zero-order chi connectivity index (χ0) is 14.8. The van der Waals surface area contributed by atoms with Gasteiger partial charge in [0.05, 0.1) is 13.0 Å². The molecule has 0 aliphatic carbocycles. The van der Waals surface area contributed by atoms with Gasteiger partial charge >= 0.3 is 5.97 Å². The van der Waals surface area contributed by atoms with Gasteiger partial charge in [0, 0.05) is 13.1 Å². The second kappa shape index (κ2) is 9.28. The molecule has 1 aromatic carbocycles. The number of aliphatic hydroxyl groups is 1. The van der Waals surface area contributed by atoms with E-state index < -0.39 is 6.10 Å². The predicted octanol–water partition coefficient (Wildman–Crippen LogP) is 1.11. The third kappa shape index (κ3) is 7.06. The fraction of sp³-hybridized carbons (Fsp3) is 0.500. The van der Waals surface area contributed by atoms with E-state index in [0.29, 0.717) is 25.4 Å². The van der Waals surface area contributed by atoms with Crippen LogP contribution in [0.3, 0.4) is 0 Å². The predicted molar refractivity (Wildman–Crippen MR) is 72.0 cm³/mol. The molecule has 112 valence electrons. The molecule has 0 bridgehead atoms. The monoisotopic (exact) mass is 285 g/mol. The number of nitrogens with one attached hydrogen (secondary N) is 1. The molecule has 0 aliphatic heterocycles. The van der Waals surface area contributed by atoms with E-state index in [2.05, 4.69) is 5.32 Å². The molecule has 0 fully saturated rings. The van der Waals surface area contributed by atoms with Gasteiger partial charge in [0.2, 0.25) is 0 Å². The molecule has 1 aromatic rings. The number of ether oxygens (including phenoxy) is 2. The van der Waals surface area contributed by atoms with Crippen molar-refractivity contribution < 1.29 is 23.8 Å². The summed E-state index contributed by atoms with van der Waals surface area (Å²) in [6.45, 7) is 2.96. The Morgan fingerprint density at radius 1 is 1.40 bits per heavy atom. The van der Waals surface area contributed by atoms with Crippen LogP contribution in [0.15, 0.2) is 24.3 Å². The van der Waals surface area contributed by atoms with Gasteiger partial charge in [-0.3, -0.25) is 4.79 Å². The second-order valence-corrected chi connectivity index (χ2v) is 4.18. The molecule has 1 atom stereocenters. The molecule has 20 heavy (non-hydrogen) atoms. The van der Waals surface area contributed by atoms with Gasteiger partial charge in [-0.25, -0.2) is 4.39 Å². The van der Waals surface area contributed by atoms with Gasteiger partial charge in [0.15, 0.2) is 0 Å². The van der Waals surface area contributed by atoms with Crippen molar-refractivity contribution in [2.45, 2.75) is 19.4 Å². The van der Waals surface area contributed by atoms with Gasteiger partial charge in [0.1, 0.15) is 24.3 Å². The summed E-state index contributed by atoms with van der Waals surface area (Å²) in [5, 5.41) is 12.6. The number of rotatable bonds is 9. The number of aliphatic hydroxyl groups excluding tert-OH is 1. The van der Waals surface area contributed by atoms with Crippen molar-refractivity contribution >= 4 is 5.97 Å². The SMILES string of the molecule is CCOC(=O)CCNCC(O)COc1ccc(F)cc1. The van der Waals surface area contributed by atoms with Gasteiger partial charge < -0.3 is 19.9 Å². The van der Waals surface area contributed by atoms with Crippen LogP contribution in [0.25, 0.3) is 0 Å². The maximum Gasteiger partial charge on any atom is 0.307 e. The average Bonchev–Trinajstić information content (AvgIpc) is 2.43. The van der Waals surface area contributed by atoms with Crippen LogP contribution in [0.4, 0.5) is 4.39 Å². The van der Waals surface area contributed by atoms with E-state index in [0.717, 1.165) is 0 Å². The number of carbonyl (C=O) groups excluding carboxylic acids is 1. The van der Waals surface area contributed by atoms with Crippen LogP contribution >= 0.6 is 0 Å². The summed E-state index contributed by atoms with van der Waals surface area (Å²) >= 11 is 0. The molecule has 1 unspecified atom stereocenters. The Labute approximate surface area is 117 Å². The molecule has 0 spiro atoms. The Morgan fingerprint density at radius 3 is 2.75 bits per heavy atom. The number of benzene rings is 1. The second-order valence-electron chi connectivity index (χ2n) is 4.18. The first-order chi connectivity index (χ1) is 9.61. The highest BCUT2D eigenvalue weighted by Crippen LogP contribution is 2.11. The number of hydrogen-bond acceptors (Lipinski definition) is 5. The number of carbonyl (C=O) groups is 1. The summed E-state index contributed by atoms with van der Waals surface area (Å²) in [4.78, 5) is 11.0. The summed E-state index contributed by atoms with van der Waals surface area (Å²) < 4.78 is 22.7. The van der Waals surface area contributed by atoms with Crippen molar-refractivity contribution in [3.8, 4) is 5.75 Å². The first-order valence-corrected chi connectivity index (χ1v) is 6.54. The first kappa shape index (κ1) is 16.4. The molecule has 2 N–H and O–H groups in total.